The second-order valence-electron chi connectivity index (χ2n) is 8.06. The van der Waals surface area contributed by atoms with Gasteiger partial charge in [0, 0.05) is 11.6 Å². The zero-order chi connectivity index (χ0) is 22.3. The topological polar surface area (TPSA) is 81.4 Å². The highest BCUT2D eigenvalue weighted by atomic mass is 19.1. The van der Waals surface area contributed by atoms with Gasteiger partial charge in [0.2, 0.25) is 5.91 Å². The molecule has 0 bridgehead atoms. The van der Waals surface area contributed by atoms with Gasteiger partial charge in [-0.05, 0) is 61.7 Å². The third kappa shape index (κ3) is 3.57. The van der Waals surface area contributed by atoms with Gasteiger partial charge in [0.25, 0.3) is 0 Å². The van der Waals surface area contributed by atoms with Crippen LogP contribution in [0.2, 0.25) is 0 Å². The fraction of sp³-hybridized carbons (Fsp3) is 0.250. The van der Waals surface area contributed by atoms with Gasteiger partial charge in [0.05, 0.1) is 24.3 Å². The molecule has 162 valence electrons. The van der Waals surface area contributed by atoms with Crippen LogP contribution >= 0.6 is 0 Å². The zero-order valence-electron chi connectivity index (χ0n) is 17.7. The molecule has 1 amide bonds. The third-order valence-electron chi connectivity index (χ3n) is 5.95. The summed E-state index contributed by atoms with van der Waals surface area (Å²) in [5.74, 6) is 0.877. The van der Waals surface area contributed by atoms with Crippen LogP contribution < -0.4 is 10.1 Å². The summed E-state index contributed by atoms with van der Waals surface area (Å²) in [6, 6.07) is 15.2. The van der Waals surface area contributed by atoms with Gasteiger partial charge in [0.1, 0.15) is 17.9 Å². The maximum atomic E-state index is 13.3. The van der Waals surface area contributed by atoms with E-state index in [0.717, 1.165) is 35.4 Å². The lowest BCUT2D eigenvalue weighted by Gasteiger charge is -2.18. The van der Waals surface area contributed by atoms with Crippen molar-refractivity contribution in [3.05, 3.63) is 78.1 Å². The van der Waals surface area contributed by atoms with E-state index in [9.17, 15) is 9.18 Å². The van der Waals surface area contributed by atoms with Crippen molar-refractivity contribution >= 4 is 11.6 Å². The van der Waals surface area contributed by atoms with Crippen LogP contribution in [0, 0.1) is 5.82 Å². The number of ether oxygens (including phenoxy) is 1. The van der Waals surface area contributed by atoms with E-state index in [0.29, 0.717) is 11.5 Å². The van der Waals surface area contributed by atoms with Gasteiger partial charge in [-0.3, -0.25) is 4.79 Å². The molecule has 8 heteroatoms. The van der Waals surface area contributed by atoms with Crippen molar-refractivity contribution in [2.75, 3.05) is 7.11 Å². The molecule has 2 aromatic heterocycles. The number of carbonyl (C=O) groups is 1. The van der Waals surface area contributed by atoms with Crippen LogP contribution in [0.1, 0.15) is 37.2 Å². The van der Waals surface area contributed by atoms with E-state index < -0.39 is 5.41 Å². The summed E-state index contributed by atoms with van der Waals surface area (Å²) >= 11 is 0. The van der Waals surface area contributed by atoms with Gasteiger partial charge < -0.3 is 10.1 Å². The summed E-state index contributed by atoms with van der Waals surface area (Å²) in [6.07, 6.45) is 3.09. The van der Waals surface area contributed by atoms with Gasteiger partial charge in [-0.1, -0.05) is 12.1 Å². The van der Waals surface area contributed by atoms with E-state index in [1.165, 1.54) is 12.1 Å². The molecule has 1 fully saturated rings. The highest BCUT2D eigenvalue weighted by Gasteiger charge is 2.51. The molecule has 32 heavy (non-hydrogen) atoms. The van der Waals surface area contributed by atoms with E-state index in [2.05, 4.69) is 20.4 Å². The molecule has 1 saturated carbocycles. The van der Waals surface area contributed by atoms with E-state index in [4.69, 9.17) is 4.74 Å². The molecule has 1 atom stereocenters. The Labute approximate surface area is 184 Å². The molecule has 5 rings (SSSR count). The molecule has 1 N–H and O–H groups in total. The molecule has 2 aromatic carbocycles. The van der Waals surface area contributed by atoms with E-state index in [1.807, 2.05) is 37.3 Å². The van der Waals surface area contributed by atoms with Crippen LogP contribution in [-0.2, 0) is 10.2 Å². The summed E-state index contributed by atoms with van der Waals surface area (Å²) in [5, 5.41) is 7.50. The summed E-state index contributed by atoms with van der Waals surface area (Å²) < 4.78 is 20.1. The first kappa shape index (κ1) is 20.1. The quantitative estimate of drug-likeness (QED) is 0.502. The lowest BCUT2D eigenvalue weighted by atomic mass is 9.94. The molecule has 0 spiro atoms. The van der Waals surface area contributed by atoms with Crippen LogP contribution in [0.5, 0.6) is 5.75 Å². The highest BCUT2D eigenvalue weighted by Crippen LogP contribution is 2.48. The van der Waals surface area contributed by atoms with Crippen molar-refractivity contribution in [1.29, 1.82) is 0 Å². The van der Waals surface area contributed by atoms with Crippen molar-refractivity contribution < 1.29 is 13.9 Å². The number of amides is 1. The summed E-state index contributed by atoms with van der Waals surface area (Å²) in [4.78, 5) is 22.1. The number of hydrogen-bond donors (Lipinski definition) is 1. The minimum atomic E-state index is -0.593. The Kier molecular flexibility index (Phi) is 4.84. The normalized spacial score (nSPS) is 15.3. The number of aromatic nitrogens is 4. The Bertz CT molecular complexity index is 1280. The van der Waals surface area contributed by atoms with Crippen LogP contribution in [-0.4, -0.2) is 32.6 Å². The monoisotopic (exact) mass is 431 g/mol. The minimum absolute atomic E-state index is 0.0903. The van der Waals surface area contributed by atoms with Gasteiger partial charge >= 0.3 is 0 Å². The second kappa shape index (κ2) is 7.71. The molecular formula is C24H22FN5O2. The Morgan fingerprint density at radius 1 is 1.16 bits per heavy atom. The highest BCUT2D eigenvalue weighted by molar-refractivity contribution is 5.91. The zero-order valence-corrected chi connectivity index (χ0v) is 17.7. The lowest BCUT2D eigenvalue weighted by molar-refractivity contribution is -0.124. The largest absolute Gasteiger partial charge is 0.497 e. The van der Waals surface area contributed by atoms with Gasteiger partial charge in [-0.2, -0.15) is 0 Å². The molecule has 2 heterocycles. The molecule has 0 aliphatic heterocycles. The maximum absolute atomic E-state index is 13.3. The second-order valence-corrected chi connectivity index (χ2v) is 8.06. The van der Waals surface area contributed by atoms with Crippen LogP contribution in [0.4, 0.5) is 4.39 Å². The van der Waals surface area contributed by atoms with Crippen molar-refractivity contribution in [1.82, 2.24) is 24.9 Å². The number of hydrogen-bond acceptors (Lipinski definition) is 5. The Morgan fingerprint density at radius 3 is 2.53 bits per heavy atom. The van der Waals surface area contributed by atoms with Gasteiger partial charge in [-0.15, -0.1) is 5.10 Å². The molecular weight excluding hydrogens is 409 g/mol. The number of carbonyl (C=O) groups excluding carboxylic acids is 1. The van der Waals surface area contributed by atoms with Crippen molar-refractivity contribution in [2.24, 2.45) is 0 Å². The molecule has 0 saturated heterocycles. The van der Waals surface area contributed by atoms with E-state index >= 15 is 0 Å². The van der Waals surface area contributed by atoms with Crippen molar-refractivity contribution in [3.63, 3.8) is 0 Å². The molecule has 1 aliphatic rings. The van der Waals surface area contributed by atoms with Gasteiger partial charge in [0.15, 0.2) is 11.5 Å². The number of benzene rings is 2. The maximum Gasteiger partial charge on any atom is 0.231 e. The third-order valence-corrected chi connectivity index (χ3v) is 5.95. The Morgan fingerprint density at radius 2 is 1.88 bits per heavy atom. The standard InChI is InChI=1S/C24H22FN5O2/c1-15(27-23(31)24(11-12-24)17-5-7-18(25)8-6-17)22-28-21-13-20(26-14-30(21)29-22)16-3-9-19(32-2)10-4-16/h3-10,13-15H,11-12H2,1-2H3,(H,27,31)/t15-/m1/s1. The smallest absolute Gasteiger partial charge is 0.231 e. The van der Waals surface area contributed by atoms with Crippen molar-refractivity contribution in [2.45, 2.75) is 31.2 Å². The molecule has 7 nitrogen and oxygen atoms in total. The van der Waals surface area contributed by atoms with Crippen LogP contribution in [0.3, 0.4) is 0 Å². The first-order valence-corrected chi connectivity index (χ1v) is 10.4. The first-order valence-electron chi connectivity index (χ1n) is 10.4. The predicted molar refractivity (Wildman–Crippen MR) is 117 cm³/mol. The summed E-state index contributed by atoms with van der Waals surface area (Å²) in [6.45, 7) is 1.85. The fourth-order valence-corrected chi connectivity index (χ4v) is 3.86. The number of methoxy groups -OCH3 is 1. The summed E-state index contributed by atoms with van der Waals surface area (Å²) in [7, 11) is 1.63. The number of nitrogens with zero attached hydrogens (tertiary/aromatic N) is 4. The molecule has 4 aromatic rings. The number of fused-ring (bicyclic) bond motifs is 1. The molecule has 1 aliphatic carbocycles. The Balaban J connectivity index is 1.35. The van der Waals surface area contributed by atoms with Crippen LogP contribution in [0.25, 0.3) is 16.9 Å². The molecule has 0 unspecified atom stereocenters. The number of nitrogens with one attached hydrogen (secondary N) is 1. The molecule has 0 radical (unpaired) electrons. The average molecular weight is 431 g/mol. The Hall–Kier alpha value is -3.81. The summed E-state index contributed by atoms with van der Waals surface area (Å²) in [5.41, 5.74) is 2.59. The minimum Gasteiger partial charge on any atom is -0.497 e. The number of rotatable bonds is 6. The average Bonchev–Trinajstić information content (AvgIpc) is 3.51. The van der Waals surface area contributed by atoms with Crippen molar-refractivity contribution in [3.8, 4) is 17.0 Å². The van der Waals surface area contributed by atoms with Crippen LogP contribution in [0.15, 0.2) is 60.9 Å². The lowest BCUT2D eigenvalue weighted by Crippen LogP contribution is -2.36. The predicted octanol–water partition coefficient (Wildman–Crippen LogP) is 3.85. The number of halogens is 1. The van der Waals surface area contributed by atoms with E-state index in [-0.39, 0.29) is 17.8 Å². The first-order chi connectivity index (χ1) is 15.5. The van der Waals surface area contributed by atoms with Gasteiger partial charge in [-0.25, -0.2) is 18.9 Å². The fourth-order valence-electron chi connectivity index (χ4n) is 3.86. The van der Waals surface area contributed by atoms with E-state index in [1.54, 1.807) is 30.1 Å². The SMILES string of the molecule is COc1ccc(-c2cc3nc([C@@H](C)NC(=O)C4(c5ccc(F)cc5)CC4)nn3cn2)cc1.